The zero-order chi connectivity index (χ0) is 8.27. The quantitative estimate of drug-likeness (QED) is 0.825. The summed E-state index contributed by atoms with van der Waals surface area (Å²) in [6.07, 6.45) is 0. The SMILES string of the molecule is COc1cc(I)ccc1CN. The Balaban J connectivity index is 3.06. The second-order valence-corrected chi connectivity index (χ2v) is 3.41. The Morgan fingerprint density at radius 3 is 2.82 bits per heavy atom. The van der Waals surface area contributed by atoms with Crippen molar-refractivity contribution in [2.24, 2.45) is 5.73 Å². The third-order valence-corrected chi connectivity index (χ3v) is 2.14. The van der Waals surface area contributed by atoms with Gasteiger partial charge >= 0.3 is 0 Å². The fraction of sp³-hybridized carbons (Fsp3) is 0.250. The maximum Gasteiger partial charge on any atom is 0.124 e. The molecule has 2 N–H and O–H groups in total. The van der Waals surface area contributed by atoms with E-state index in [-0.39, 0.29) is 0 Å². The standard InChI is InChI=1S/C8H10INO/c1-11-8-4-7(9)3-2-6(8)5-10/h2-4H,5,10H2,1H3. The van der Waals surface area contributed by atoms with Crippen LogP contribution in [-0.2, 0) is 6.54 Å². The monoisotopic (exact) mass is 263 g/mol. The van der Waals surface area contributed by atoms with Crippen molar-refractivity contribution >= 4 is 22.6 Å². The first kappa shape index (κ1) is 8.80. The van der Waals surface area contributed by atoms with Crippen LogP contribution < -0.4 is 10.5 Å². The third kappa shape index (κ3) is 2.07. The van der Waals surface area contributed by atoms with Gasteiger partial charge in [-0.15, -0.1) is 0 Å². The van der Waals surface area contributed by atoms with E-state index < -0.39 is 0 Å². The van der Waals surface area contributed by atoms with Crippen LogP contribution in [0.25, 0.3) is 0 Å². The van der Waals surface area contributed by atoms with Crippen LogP contribution in [0.4, 0.5) is 0 Å². The van der Waals surface area contributed by atoms with Gasteiger partial charge in [-0.2, -0.15) is 0 Å². The number of hydrogen-bond acceptors (Lipinski definition) is 2. The van der Waals surface area contributed by atoms with Crippen molar-refractivity contribution in [2.75, 3.05) is 7.11 Å². The van der Waals surface area contributed by atoms with Gasteiger partial charge in [-0.3, -0.25) is 0 Å². The molecule has 0 aromatic heterocycles. The predicted octanol–water partition coefficient (Wildman–Crippen LogP) is 1.76. The third-order valence-electron chi connectivity index (χ3n) is 1.47. The largest absolute Gasteiger partial charge is 0.496 e. The van der Waals surface area contributed by atoms with Gasteiger partial charge in [0.1, 0.15) is 5.75 Å². The highest BCUT2D eigenvalue weighted by Gasteiger charge is 1.99. The lowest BCUT2D eigenvalue weighted by molar-refractivity contribution is 0.409. The van der Waals surface area contributed by atoms with Gasteiger partial charge < -0.3 is 10.5 Å². The summed E-state index contributed by atoms with van der Waals surface area (Å²) in [6.45, 7) is 0.528. The number of nitrogens with two attached hydrogens (primary N) is 1. The molecule has 0 unspecified atom stereocenters. The Kier molecular flexibility index (Phi) is 3.14. The van der Waals surface area contributed by atoms with E-state index in [9.17, 15) is 0 Å². The van der Waals surface area contributed by atoms with Gasteiger partial charge in [-0.05, 0) is 34.7 Å². The minimum atomic E-state index is 0.528. The minimum Gasteiger partial charge on any atom is -0.496 e. The van der Waals surface area contributed by atoms with Crippen LogP contribution in [0.2, 0.25) is 0 Å². The van der Waals surface area contributed by atoms with Crippen LogP contribution in [0.15, 0.2) is 18.2 Å². The van der Waals surface area contributed by atoms with Crippen molar-refractivity contribution in [1.82, 2.24) is 0 Å². The molecule has 0 fully saturated rings. The normalized spacial score (nSPS) is 9.73. The fourth-order valence-electron chi connectivity index (χ4n) is 0.887. The first-order chi connectivity index (χ1) is 5.27. The number of rotatable bonds is 2. The molecule has 1 aromatic rings. The first-order valence-electron chi connectivity index (χ1n) is 3.30. The fourth-order valence-corrected chi connectivity index (χ4v) is 1.35. The maximum atomic E-state index is 5.49. The molecule has 0 atom stereocenters. The van der Waals surface area contributed by atoms with Crippen LogP contribution >= 0.6 is 22.6 Å². The second-order valence-electron chi connectivity index (χ2n) is 2.16. The van der Waals surface area contributed by atoms with E-state index in [0.29, 0.717) is 6.54 Å². The molecule has 0 spiro atoms. The first-order valence-corrected chi connectivity index (χ1v) is 4.38. The van der Waals surface area contributed by atoms with E-state index in [1.54, 1.807) is 7.11 Å². The summed E-state index contributed by atoms with van der Waals surface area (Å²) in [4.78, 5) is 0. The molecule has 3 heteroatoms. The molecule has 0 aliphatic heterocycles. The molecular formula is C8H10INO. The summed E-state index contributed by atoms with van der Waals surface area (Å²) in [5.74, 6) is 0.874. The van der Waals surface area contributed by atoms with Crippen molar-refractivity contribution in [3.63, 3.8) is 0 Å². The number of methoxy groups -OCH3 is 1. The van der Waals surface area contributed by atoms with Gasteiger partial charge in [0.15, 0.2) is 0 Å². The summed E-state index contributed by atoms with van der Waals surface area (Å²) in [5.41, 5.74) is 6.54. The molecule has 0 aliphatic rings. The van der Waals surface area contributed by atoms with Gasteiger partial charge in [0, 0.05) is 15.7 Å². The highest BCUT2D eigenvalue weighted by atomic mass is 127. The van der Waals surface area contributed by atoms with Crippen LogP contribution in [0.1, 0.15) is 5.56 Å². The second kappa shape index (κ2) is 3.92. The molecule has 0 radical (unpaired) electrons. The molecule has 60 valence electrons. The van der Waals surface area contributed by atoms with Crippen molar-refractivity contribution in [2.45, 2.75) is 6.54 Å². The lowest BCUT2D eigenvalue weighted by atomic mass is 10.2. The van der Waals surface area contributed by atoms with Crippen LogP contribution in [0, 0.1) is 3.57 Å². The van der Waals surface area contributed by atoms with E-state index >= 15 is 0 Å². The summed E-state index contributed by atoms with van der Waals surface area (Å²) in [7, 11) is 1.66. The zero-order valence-corrected chi connectivity index (χ0v) is 8.46. The Morgan fingerprint density at radius 2 is 2.27 bits per heavy atom. The van der Waals surface area contributed by atoms with Gasteiger partial charge in [-0.25, -0.2) is 0 Å². The van der Waals surface area contributed by atoms with Gasteiger partial charge in [0.2, 0.25) is 0 Å². The molecule has 1 aromatic carbocycles. The van der Waals surface area contributed by atoms with E-state index in [1.165, 1.54) is 0 Å². The average molecular weight is 263 g/mol. The Morgan fingerprint density at radius 1 is 1.55 bits per heavy atom. The summed E-state index contributed by atoms with van der Waals surface area (Å²) >= 11 is 2.24. The highest BCUT2D eigenvalue weighted by molar-refractivity contribution is 14.1. The molecule has 2 nitrogen and oxygen atoms in total. The molecular weight excluding hydrogens is 253 g/mol. The van der Waals surface area contributed by atoms with Crippen molar-refractivity contribution in [1.29, 1.82) is 0 Å². The zero-order valence-electron chi connectivity index (χ0n) is 6.30. The molecule has 1 rings (SSSR count). The average Bonchev–Trinajstić information content (AvgIpc) is 2.04. The van der Waals surface area contributed by atoms with Crippen LogP contribution in [0.3, 0.4) is 0 Å². The summed E-state index contributed by atoms with van der Waals surface area (Å²) in [5, 5.41) is 0. The lowest BCUT2D eigenvalue weighted by Crippen LogP contribution is -1.99. The molecule has 11 heavy (non-hydrogen) atoms. The predicted molar refractivity (Wildman–Crippen MR) is 53.6 cm³/mol. The van der Waals surface area contributed by atoms with Crippen LogP contribution in [0.5, 0.6) is 5.75 Å². The van der Waals surface area contributed by atoms with E-state index in [0.717, 1.165) is 14.9 Å². The van der Waals surface area contributed by atoms with Crippen molar-refractivity contribution in [3.8, 4) is 5.75 Å². The van der Waals surface area contributed by atoms with E-state index in [2.05, 4.69) is 22.6 Å². The topological polar surface area (TPSA) is 35.2 Å². The highest BCUT2D eigenvalue weighted by Crippen LogP contribution is 2.20. The number of halogens is 1. The van der Waals surface area contributed by atoms with Crippen LogP contribution in [-0.4, -0.2) is 7.11 Å². The molecule has 0 heterocycles. The Bertz CT molecular complexity index is 250. The molecule has 0 amide bonds. The number of ether oxygens (including phenoxy) is 1. The van der Waals surface area contributed by atoms with E-state index in [1.807, 2.05) is 18.2 Å². The smallest absolute Gasteiger partial charge is 0.124 e. The summed E-state index contributed by atoms with van der Waals surface area (Å²) in [6, 6.07) is 5.98. The van der Waals surface area contributed by atoms with Crippen molar-refractivity contribution < 1.29 is 4.74 Å². The minimum absolute atomic E-state index is 0.528. The van der Waals surface area contributed by atoms with E-state index in [4.69, 9.17) is 10.5 Å². The number of hydrogen-bond donors (Lipinski definition) is 1. The van der Waals surface area contributed by atoms with Gasteiger partial charge in [0.25, 0.3) is 0 Å². The lowest BCUT2D eigenvalue weighted by Gasteiger charge is -2.05. The van der Waals surface area contributed by atoms with Gasteiger partial charge in [-0.1, -0.05) is 6.07 Å². The molecule has 0 saturated carbocycles. The maximum absolute atomic E-state index is 5.49. The molecule has 0 aliphatic carbocycles. The molecule has 0 bridgehead atoms. The summed E-state index contributed by atoms with van der Waals surface area (Å²) < 4.78 is 6.30. The van der Waals surface area contributed by atoms with Gasteiger partial charge in [0.05, 0.1) is 7.11 Å². The van der Waals surface area contributed by atoms with Crippen molar-refractivity contribution in [3.05, 3.63) is 27.3 Å². The molecule has 0 saturated heterocycles. The Hall–Kier alpha value is -0.290. The Labute approximate surface area is 79.9 Å². The number of benzene rings is 1.